The first-order valence-corrected chi connectivity index (χ1v) is 4.60. The highest BCUT2D eigenvalue weighted by Gasteiger charge is 2.19. The number of H-pyrrole nitrogens is 1. The summed E-state index contributed by atoms with van der Waals surface area (Å²) in [5, 5.41) is -0.176. The molecule has 0 fully saturated rings. The van der Waals surface area contributed by atoms with Gasteiger partial charge in [-0.05, 0) is 0 Å². The van der Waals surface area contributed by atoms with Crippen molar-refractivity contribution in [3.8, 4) is 0 Å². The van der Waals surface area contributed by atoms with Gasteiger partial charge in [-0.15, -0.1) is 0 Å². The number of methoxy groups -OCH3 is 1. The second kappa shape index (κ2) is 5.07. The molecule has 16 heavy (non-hydrogen) atoms. The topological polar surface area (TPSA) is 59.2 Å². The smallest absolute Gasteiger partial charge is 0.310 e. The van der Waals surface area contributed by atoms with Crippen molar-refractivity contribution in [2.75, 3.05) is 7.11 Å². The van der Waals surface area contributed by atoms with E-state index in [1.807, 2.05) is 4.98 Å². The Morgan fingerprint density at radius 1 is 1.62 bits per heavy atom. The molecular formula is C9H8ClF2NO3. The molecule has 1 aromatic rings. The van der Waals surface area contributed by atoms with Gasteiger partial charge in [0.15, 0.2) is 0 Å². The van der Waals surface area contributed by atoms with Gasteiger partial charge in [0.1, 0.15) is 0 Å². The van der Waals surface area contributed by atoms with Crippen LogP contribution in [-0.4, -0.2) is 18.1 Å². The number of hydrogen-bond acceptors (Lipinski definition) is 3. The second-order valence-corrected chi connectivity index (χ2v) is 3.33. The number of carbonyl (C=O) groups excluding carboxylic acids is 1. The third kappa shape index (κ3) is 2.79. The molecule has 0 aliphatic carbocycles. The zero-order chi connectivity index (χ0) is 12.3. The lowest BCUT2D eigenvalue weighted by Crippen LogP contribution is -2.15. The maximum absolute atomic E-state index is 12.6. The number of carbonyl (C=O) groups is 1. The van der Waals surface area contributed by atoms with Crippen LogP contribution in [-0.2, 0) is 16.0 Å². The minimum absolute atomic E-state index is 0.122. The molecule has 0 aliphatic heterocycles. The summed E-state index contributed by atoms with van der Waals surface area (Å²) < 4.78 is 29.5. The number of ether oxygens (including phenoxy) is 1. The number of halogens is 3. The van der Waals surface area contributed by atoms with Crippen LogP contribution in [0.25, 0.3) is 0 Å². The molecule has 88 valence electrons. The quantitative estimate of drug-likeness (QED) is 0.832. The average molecular weight is 252 g/mol. The van der Waals surface area contributed by atoms with Crippen LogP contribution < -0.4 is 5.56 Å². The van der Waals surface area contributed by atoms with Crippen LogP contribution in [0.3, 0.4) is 0 Å². The molecule has 1 aromatic heterocycles. The molecular weight excluding hydrogens is 244 g/mol. The van der Waals surface area contributed by atoms with Gasteiger partial charge in [0, 0.05) is 11.6 Å². The molecule has 0 amide bonds. The van der Waals surface area contributed by atoms with Crippen molar-refractivity contribution in [1.29, 1.82) is 0 Å². The minimum atomic E-state index is -2.91. The number of pyridine rings is 1. The number of aromatic amines is 1. The van der Waals surface area contributed by atoms with E-state index in [-0.39, 0.29) is 10.6 Å². The summed E-state index contributed by atoms with van der Waals surface area (Å²) in [5.41, 5.74) is -1.51. The van der Waals surface area contributed by atoms with Crippen LogP contribution in [0.2, 0.25) is 5.02 Å². The Bertz CT molecular complexity index is 459. The van der Waals surface area contributed by atoms with Crippen LogP contribution in [0.4, 0.5) is 8.78 Å². The van der Waals surface area contributed by atoms with Crippen molar-refractivity contribution < 1.29 is 18.3 Å². The molecule has 0 atom stereocenters. The molecule has 0 unspecified atom stereocenters. The summed E-state index contributed by atoms with van der Waals surface area (Å²) in [6.45, 7) is 0. The van der Waals surface area contributed by atoms with E-state index in [0.717, 1.165) is 13.2 Å². The number of alkyl halides is 2. The molecule has 0 saturated heterocycles. The molecule has 0 aromatic carbocycles. The predicted octanol–water partition coefficient (Wildman–Crippen LogP) is 1.68. The number of rotatable bonds is 3. The summed E-state index contributed by atoms with van der Waals surface area (Å²) in [4.78, 5) is 23.9. The molecule has 0 aliphatic rings. The lowest BCUT2D eigenvalue weighted by Gasteiger charge is -2.09. The number of aromatic nitrogens is 1. The van der Waals surface area contributed by atoms with Gasteiger partial charge in [0.2, 0.25) is 5.56 Å². The fourth-order valence-electron chi connectivity index (χ4n) is 1.16. The van der Waals surface area contributed by atoms with Gasteiger partial charge in [-0.2, -0.15) is 0 Å². The van der Waals surface area contributed by atoms with E-state index in [9.17, 15) is 18.4 Å². The standard InChI is InChI=1S/C9H8ClF2NO3/c1-16-7(15)2-4-5(10)3-6(14)13-8(4)9(11)12/h3,9H,2H2,1H3,(H,13,14). The van der Waals surface area contributed by atoms with Gasteiger partial charge < -0.3 is 9.72 Å². The Morgan fingerprint density at radius 2 is 2.25 bits per heavy atom. The van der Waals surface area contributed by atoms with E-state index in [0.29, 0.717) is 0 Å². The molecule has 4 nitrogen and oxygen atoms in total. The maximum Gasteiger partial charge on any atom is 0.310 e. The highest BCUT2D eigenvalue weighted by Crippen LogP contribution is 2.25. The minimum Gasteiger partial charge on any atom is -0.469 e. The van der Waals surface area contributed by atoms with Gasteiger partial charge in [-0.1, -0.05) is 11.6 Å². The maximum atomic E-state index is 12.6. The second-order valence-electron chi connectivity index (χ2n) is 2.93. The summed E-state index contributed by atoms with van der Waals surface area (Å²) in [6.07, 6.45) is -3.32. The van der Waals surface area contributed by atoms with Crippen molar-refractivity contribution in [1.82, 2.24) is 4.98 Å². The van der Waals surface area contributed by atoms with Crippen molar-refractivity contribution in [2.45, 2.75) is 12.8 Å². The van der Waals surface area contributed by atoms with E-state index in [2.05, 4.69) is 4.74 Å². The van der Waals surface area contributed by atoms with Crippen molar-refractivity contribution in [2.24, 2.45) is 0 Å². The average Bonchev–Trinajstić information content (AvgIpc) is 2.20. The lowest BCUT2D eigenvalue weighted by molar-refractivity contribution is -0.139. The molecule has 1 heterocycles. The van der Waals surface area contributed by atoms with E-state index in [1.165, 1.54) is 0 Å². The third-order valence-corrected chi connectivity index (χ3v) is 2.23. The number of nitrogens with one attached hydrogen (secondary N) is 1. The summed E-state index contributed by atoms with van der Waals surface area (Å²) in [5.74, 6) is -0.712. The van der Waals surface area contributed by atoms with Crippen LogP contribution in [0.1, 0.15) is 17.7 Å². The van der Waals surface area contributed by atoms with Gasteiger partial charge >= 0.3 is 5.97 Å². The lowest BCUT2D eigenvalue weighted by atomic mass is 10.1. The monoisotopic (exact) mass is 251 g/mol. The van der Waals surface area contributed by atoms with Crippen LogP contribution >= 0.6 is 11.6 Å². The Kier molecular flexibility index (Phi) is 4.00. The molecule has 0 radical (unpaired) electrons. The summed E-state index contributed by atoms with van der Waals surface area (Å²) in [7, 11) is 1.13. The molecule has 0 bridgehead atoms. The SMILES string of the molecule is COC(=O)Cc1c(Cl)cc(=O)[nH]c1C(F)F. The fourth-order valence-corrected chi connectivity index (χ4v) is 1.43. The van der Waals surface area contributed by atoms with Gasteiger partial charge in [0.25, 0.3) is 6.43 Å². The third-order valence-electron chi connectivity index (χ3n) is 1.90. The van der Waals surface area contributed by atoms with Gasteiger partial charge in [-0.25, -0.2) is 8.78 Å². The van der Waals surface area contributed by atoms with E-state index in [4.69, 9.17) is 11.6 Å². The van der Waals surface area contributed by atoms with Gasteiger partial charge in [-0.3, -0.25) is 9.59 Å². The van der Waals surface area contributed by atoms with Crippen molar-refractivity contribution in [3.63, 3.8) is 0 Å². The van der Waals surface area contributed by atoms with E-state index in [1.54, 1.807) is 0 Å². The Morgan fingerprint density at radius 3 is 2.75 bits per heavy atom. The Balaban J connectivity index is 3.24. The van der Waals surface area contributed by atoms with E-state index >= 15 is 0 Å². The fraction of sp³-hybridized carbons (Fsp3) is 0.333. The Labute approximate surface area is 94.2 Å². The molecule has 1 N–H and O–H groups in total. The number of hydrogen-bond donors (Lipinski definition) is 1. The molecule has 1 rings (SSSR count). The number of esters is 1. The van der Waals surface area contributed by atoms with Gasteiger partial charge in [0.05, 0.1) is 24.2 Å². The normalized spacial score (nSPS) is 10.6. The molecule has 0 saturated carbocycles. The summed E-state index contributed by atoms with van der Waals surface area (Å²) >= 11 is 5.62. The van der Waals surface area contributed by atoms with Crippen LogP contribution in [0.5, 0.6) is 0 Å². The Hall–Kier alpha value is -1.43. The van der Waals surface area contributed by atoms with Crippen LogP contribution in [0.15, 0.2) is 10.9 Å². The zero-order valence-electron chi connectivity index (χ0n) is 8.22. The van der Waals surface area contributed by atoms with Crippen LogP contribution in [0, 0.1) is 0 Å². The van der Waals surface area contributed by atoms with E-state index < -0.39 is 30.1 Å². The largest absolute Gasteiger partial charge is 0.469 e. The first-order chi connectivity index (χ1) is 7.45. The highest BCUT2D eigenvalue weighted by molar-refractivity contribution is 6.31. The first-order valence-electron chi connectivity index (χ1n) is 4.22. The first kappa shape index (κ1) is 12.6. The van der Waals surface area contributed by atoms with Crippen molar-refractivity contribution in [3.05, 3.63) is 32.7 Å². The summed E-state index contributed by atoms with van der Waals surface area (Å²) in [6, 6.07) is 0.936. The highest BCUT2D eigenvalue weighted by atomic mass is 35.5. The molecule has 7 heteroatoms. The molecule has 0 spiro atoms. The zero-order valence-corrected chi connectivity index (χ0v) is 8.98. The van der Waals surface area contributed by atoms with Crippen molar-refractivity contribution >= 4 is 17.6 Å². The predicted molar refractivity (Wildman–Crippen MR) is 52.7 cm³/mol.